The maximum absolute atomic E-state index is 5.88. The topological polar surface area (TPSA) is 28.2 Å². The van der Waals surface area contributed by atoms with Crippen LogP contribution < -0.4 is 19.3 Å². The fourth-order valence-electron chi connectivity index (χ4n) is 3.42. The molecule has 0 unspecified atom stereocenters. The Balaban J connectivity index is 1.37. The van der Waals surface area contributed by atoms with Gasteiger partial charge < -0.3 is 19.3 Å². The summed E-state index contributed by atoms with van der Waals surface area (Å²) in [5.41, 5.74) is 2.39. The molecule has 1 saturated heterocycles. The lowest BCUT2D eigenvalue weighted by Crippen LogP contribution is -2.46. The number of benzene rings is 2. The zero-order chi connectivity index (χ0) is 19.1. The van der Waals surface area contributed by atoms with E-state index in [-0.39, 0.29) is 0 Å². The second-order valence-electron chi connectivity index (χ2n) is 7.09. The summed E-state index contributed by atoms with van der Waals surface area (Å²) in [4.78, 5) is 7.02. The molecule has 1 heterocycles. The van der Waals surface area contributed by atoms with E-state index in [1.165, 1.54) is 11.4 Å². The van der Waals surface area contributed by atoms with Crippen molar-refractivity contribution in [3.05, 3.63) is 48.5 Å². The van der Waals surface area contributed by atoms with Crippen molar-refractivity contribution in [3.63, 3.8) is 0 Å². The van der Waals surface area contributed by atoms with Gasteiger partial charge in [-0.1, -0.05) is 12.1 Å². The molecule has 0 N–H and O–H groups in total. The van der Waals surface area contributed by atoms with Crippen molar-refractivity contribution in [3.8, 4) is 11.5 Å². The standard InChI is InChI=1S/C22H31N3O2/c1-23(2)19-9-11-20(12-10-19)27-18-6-13-24-14-16-25(17-15-24)21-7-4-5-8-22(21)26-3/h4-5,7-12H,6,13-18H2,1-3H3. The minimum absolute atomic E-state index is 0.758. The molecule has 27 heavy (non-hydrogen) atoms. The van der Waals surface area contributed by atoms with Gasteiger partial charge >= 0.3 is 0 Å². The van der Waals surface area contributed by atoms with E-state index in [0.717, 1.165) is 57.3 Å². The number of nitrogens with zero attached hydrogens (tertiary/aromatic N) is 3. The Morgan fingerprint density at radius 3 is 2.30 bits per heavy atom. The molecule has 1 fully saturated rings. The molecule has 5 nitrogen and oxygen atoms in total. The van der Waals surface area contributed by atoms with Crippen LogP contribution >= 0.6 is 0 Å². The molecular formula is C22H31N3O2. The number of methoxy groups -OCH3 is 1. The molecular weight excluding hydrogens is 338 g/mol. The molecule has 0 aliphatic carbocycles. The molecule has 2 aromatic rings. The van der Waals surface area contributed by atoms with Gasteiger partial charge in [0.1, 0.15) is 11.5 Å². The van der Waals surface area contributed by atoms with Crippen LogP contribution in [-0.2, 0) is 0 Å². The van der Waals surface area contributed by atoms with Crippen LogP contribution in [0.25, 0.3) is 0 Å². The third-order valence-electron chi connectivity index (χ3n) is 5.04. The Morgan fingerprint density at radius 1 is 0.926 bits per heavy atom. The molecule has 0 saturated carbocycles. The maximum Gasteiger partial charge on any atom is 0.142 e. The molecule has 1 aliphatic heterocycles. The van der Waals surface area contributed by atoms with Gasteiger partial charge in [-0.2, -0.15) is 0 Å². The second-order valence-corrected chi connectivity index (χ2v) is 7.09. The van der Waals surface area contributed by atoms with Gasteiger partial charge in [0.25, 0.3) is 0 Å². The van der Waals surface area contributed by atoms with Gasteiger partial charge in [-0.05, 0) is 42.8 Å². The van der Waals surface area contributed by atoms with Gasteiger partial charge in [0.2, 0.25) is 0 Å². The number of hydrogen-bond acceptors (Lipinski definition) is 5. The zero-order valence-electron chi connectivity index (χ0n) is 16.7. The van der Waals surface area contributed by atoms with E-state index in [1.54, 1.807) is 7.11 Å². The normalized spacial score (nSPS) is 14.9. The molecule has 0 aromatic heterocycles. The molecule has 1 aliphatic rings. The molecule has 2 aromatic carbocycles. The lowest BCUT2D eigenvalue weighted by atomic mass is 10.2. The predicted octanol–water partition coefficient (Wildman–Crippen LogP) is 3.35. The molecule has 0 spiro atoms. The summed E-state index contributed by atoms with van der Waals surface area (Å²) >= 11 is 0. The zero-order valence-corrected chi connectivity index (χ0v) is 16.7. The SMILES string of the molecule is COc1ccccc1N1CCN(CCCOc2ccc(N(C)C)cc2)CC1. The lowest BCUT2D eigenvalue weighted by molar-refractivity contribution is 0.224. The first-order valence-electron chi connectivity index (χ1n) is 9.68. The monoisotopic (exact) mass is 369 g/mol. The Kier molecular flexibility index (Phi) is 6.82. The first-order valence-corrected chi connectivity index (χ1v) is 9.68. The van der Waals surface area contributed by atoms with E-state index in [4.69, 9.17) is 9.47 Å². The van der Waals surface area contributed by atoms with Crippen LogP contribution in [0.15, 0.2) is 48.5 Å². The van der Waals surface area contributed by atoms with E-state index in [1.807, 2.05) is 38.4 Å². The number of para-hydroxylation sites is 2. The Morgan fingerprint density at radius 2 is 1.63 bits per heavy atom. The molecule has 146 valence electrons. The van der Waals surface area contributed by atoms with Crippen molar-refractivity contribution >= 4 is 11.4 Å². The smallest absolute Gasteiger partial charge is 0.142 e. The summed E-state index contributed by atoms with van der Waals surface area (Å²) in [6, 6.07) is 16.5. The van der Waals surface area contributed by atoms with Gasteiger partial charge in [0.15, 0.2) is 0 Å². The number of rotatable bonds is 8. The fraction of sp³-hybridized carbons (Fsp3) is 0.455. The second kappa shape index (κ2) is 9.51. The summed E-state index contributed by atoms with van der Waals surface area (Å²) < 4.78 is 11.4. The van der Waals surface area contributed by atoms with Gasteiger partial charge in [0, 0.05) is 52.5 Å². The predicted molar refractivity (Wildman–Crippen MR) is 113 cm³/mol. The minimum atomic E-state index is 0.758. The van der Waals surface area contributed by atoms with Crippen molar-refractivity contribution in [2.75, 3.05) is 70.3 Å². The summed E-state index contributed by atoms with van der Waals surface area (Å²) in [7, 11) is 5.83. The van der Waals surface area contributed by atoms with E-state index in [0.29, 0.717) is 0 Å². The third-order valence-corrected chi connectivity index (χ3v) is 5.04. The molecule has 3 rings (SSSR count). The first-order chi connectivity index (χ1) is 13.2. The van der Waals surface area contributed by atoms with Crippen LogP contribution in [0.3, 0.4) is 0 Å². The Bertz CT molecular complexity index is 695. The van der Waals surface area contributed by atoms with Crippen molar-refractivity contribution < 1.29 is 9.47 Å². The Labute approximate surface area is 163 Å². The summed E-state index contributed by atoms with van der Waals surface area (Å²) in [5, 5.41) is 0. The van der Waals surface area contributed by atoms with Crippen molar-refractivity contribution in [2.45, 2.75) is 6.42 Å². The van der Waals surface area contributed by atoms with E-state index in [2.05, 4.69) is 39.0 Å². The van der Waals surface area contributed by atoms with Crippen LogP contribution in [-0.4, -0.2) is 65.4 Å². The van der Waals surface area contributed by atoms with E-state index in [9.17, 15) is 0 Å². The fourth-order valence-corrected chi connectivity index (χ4v) is 3.42. The van der Waals surface area contributed by atoms with Gasteiger partial charge in [-0.3, -0.25) is 4.90 Å². The number of anilines is 2. The van der Waals surface area contributed by atoms with Crippen LogP contribution in [0, 0.1) is 0 Å². The first kappa shape index (κ1) is 19.4. The summed E-state index contributed by atoms with van der Waals surface area (Å²) in [5.74, 6) is 1.90. The van der Waals surface area contributed by atoms with E-state index >= 15 is 0 Å². The lowest BCUT2D eigenvalue weighted by Gasteiger charge is -2.36. The number of ether oxygens (including phenoxy) is 2. The minimum Gasteiger partial charge on any atom is -0.495 e. The van der Waals surface area contributed by atoms with Crippen LogP contribution in [0.5, 0.6) is 11.5 Å². The molecule has 5 heteroatoms. The number of hydrogen-bond donors (Lipinski definition) is 0. The highest BCUT2D eigenvalue weighted by atomic mass is 16.5. The molecule has 0 radical (unpaired) electrons. The van der Waals surface area contributed by atoms with Crippen LogP contribution in [0.1, 0.15) is 6.42 Å². The highest BCUT2D eigenvalue weighted by Crippen LogP contribution is 2.28. The molecule has 0 amide bonds. The highest BCUT2D eigenvalue weighted by Gasteiger charge is 2.19. The Hall–Kier alpha value is -2.40. The van der Waals surface area contributed by atoms with Gasteiger partial charge in [0.05, 0.1) is 19.4 Å². The van der Waals surface area contributed by atoms with Crippen molar-refractivity contribution in [1.82, 2.24) is 4.90 Å². The van der Waals surface area contributed by atoms with Gasteiger partial charge in [-0.15, -0.1) is 0 Å². The maximum atomic E-state index is 5.88. The van der Waals surface area contributed by atoms with Gasteiger partial charge in [-0.25, -0.2) is 0 Å². The molecule has 0 atom stereocenters. The largest absolute Gasteiger partial charge is 0.495 e. The average molecular weight is 370 g/mol. The number of piperazine rings is 1. The van der Waals surface area contributed by atoms with E-state index < -0.39 is 0 Å². The quantitative estimate of drug-likeness (QED) is 0.666. The highest BCUT2D eigenvalue weighted by molar-refractivity contribution is 5.58. The van der Waals surface area contributed by atoms with Crippen molar-refractivity contribution in [2.24, 2.45) is 0 Å². The van der Waals surface area contributed by atoms with Crippen LogP contribution in [0.2, 0.25) is 0 Å². The van der Waals surface area contributed by atoms with Crippen molar-refractivity contribution in [1.29, 1.82) is 0 Å². The molecule has 0 bridgehead atoms. The summed E-state index contributed by atoms with van der Waals surface area (Å²) in [6.45, 7) is 6.06. The average Bonchev–Trinajstić information content (AvgIpc) is 2.72. The third kappa shape index (κ3) is 5.30. The van der Waals surface area contributed by atoms with Crippen LogP contribution in [0.4, 0.5) is 11.4 Å². The summed E-state index contributed by atoms with van der Waals surface area (Å²) in [6.07, 6.45) is 1.05.